The van der Waals surface area contributed by atoms with Crippen LogP contribution in [0.4, 0.5) is 0 Å². The van der Waals surface area contributed by atoms with E-state index in [-0.39, 0.29) is 37.2 Å². The molecule has 3 N–H and O–H groups in total. The molecule has 25 heavy (non-hydrogen) atoms. The van der Waals surface area contributed by atoms with E-state index in [0.29, 0.717) is 25.9 Å². The number of hydrogen-bond acceptors (Lipinski definition) is 7. The quantitative estimate of drug-likeness (QED) is 0.390. The zero-order chi connectivity index (χ0) is 17.9. The van der Waals surface area contributed by atoms with Gasteiger partial charge in [0.15, 0.2) is 0 Å². The second kappa shape index (κ2) is 11.4. The molecule has 144 valence electrons. The van der Waals surface area contributed by atoms with Gasteiger partial charge in [-0.05, 0) is 45.2 Å². The van der Waals surface area contributed by atoms with Gasteiger partial charge in [0.05, 0.1) is 6.61 Å². The van der Waals surface area contributed by atoms with E-state index in [1.54, 1.807) is 0 Å². The van der Waals surface area contributed by atoms with Gasteiger partial charge in [-0.1, -0.05) is 0 Å². The molecular weight excluding hydrogens is 328 g/mol. The van der Waals surface area contributed by atoms with Crippen molar-refractivity contribution in [1.29, 1.82) is 0 Å². The highest BCUT2D eigenvalue weighted by Gasteiger charge is 2.33. The molecule has 0 spiro atoms. The Kier molecular flexibility index (Phi) is 9.17. The van der Waals surface area contributed by atoms with Gasteiger partial charge in [0.25, 0.3) is 0 Å². The fourth-order valence-electron chi connectivity index (χ4n) is 3.11. The Morgan fingerprint density at radius 1 is 1.04 bits per heavy atom. The second-order valence-corrected chi connectivity index (χ2v) is 6.47. The standard InChI is InChI=1S/C17H30N2O6/c20-14(21)5-1-2-6-15(22)23-12-7-13(16-18-8-3-10-24-16)17-19-9-4-11-25-17/h13,16-19H,1-12H2,(H,20,21). The Hall–Kier alpha value is -1.22. The molecule has 2 fully saturated rings. The van der Waals surface area contributed by atoms with Crippen molar-refractivity contribution in [2.24, 2.45) is 5.92 Å². The molecule has 2 atom stereocenters. The van der Waals surface area contributed by atoms with Crippen molar-refractivity contribution in [1.82, 2.24) is 10.6 Å². The van der Waals surface area contributed by atoms with E-state index >= 15 is 0 Å². The Morgan fingerprint density at radius 2 is 1.64 bits per heavy atom. The van der Waals surface area contributed by atoms with Crippen molar-refractivity contribution in [2.45, 2.75) is 57.4 Å². The molecule has 0 saturated carbocycles. The number of unbranched alkanes of at least 4 members (excludes halogenated alkanes) is 1. The normalized spacial score (nSPS) is 25.3. The minimum absolute atomic E-state index is 0.0698. The van der Waals surface area contributed by atoms with E-state index in [1.165, 1.54) is 0 Å². The summed E-state index contributed by atoms with van der Waals surface area (Å²) >= 11 is 0. The van der Waals surface area contributed by atoms with Crippen LogP contribution in [0, 0.1) is 5.92 Å². The van der Waals surface area contributed by atoms with E-state index in [9.17, 15) is 9.59 Å². The lowest BCUT2D eigenvalue weighted by Crippen LogP contribution is -2.54. The van der Waals surface area contributed by atoms with Crippen LogP contribution in [-0.4, -0.2) is 62.4 Å². The fourth-order valence-corrected chi connectivity index (χ4v) is 3.11. The molecule has 0 aromatic rings. The minimum atomic E-state index is -0.837. The van der Waals surface area contributed by atoms with Crippen LogP contribution < -0.4 is 10.6 Å². The van der Waals surface area contributed by atoms with Gasteiger partial charge in [0.2, 0.25) is 0 Å². The minimum Gasteiger partial charge on any atom is -0.481 e. The lowest BCUT2D eigenvalue weighted by molar-refractivity contribution is -0.148. The molecule has 2 aliphatic rings. The van der Waals surface area contributed by atoms with Crippen molar-refractivity contribution in [2.75, 3.05) is 32.9 Å². The smallest absolute Gasteiger partial charge is 0.305 e. The van der Waals surface area contributed by atoms with Gasteiger partial charge >= 0.3 is 11.9 Å². The molecular formula is C17H30N2O6. The van der Waals surface area contributed by atoms with Crippen LogP contribution >= 0.6 is 0 Å². The van der Waals surface area contributed by atoms with Crippen LogP contribution in [0.3, 0.4) is 0 Å². The van der Waals surface area contributed by atoms with Crippen LogP contribution in [-0.2, 0) is 23.8 Å². The maximum Gasteiger partial charge on any atom is 0.305 e. The highest BCUT2D eigenvalue weighted by Crippen LogP contribution is 2.21. The summed E-state index contributed by atoms with van der Waals surface area (Å²) in [4.78, 5) is 22.2. The van der Waals surface area contributed by atoms with Crippen molar-refractivity contribution in [3.05, 3.63) is 0 Å². The number of esters is 1. The molecule has 8 nitrogen and oxygen atoms in total. The van der Waals surface area contributed by atoms with E-state index in [4.69, 9.17) is 19.3 Å². The van der Waals surface area contributed by atoms with Crippen molar-refractivity contribution in [3.8, 4) is 0 Å². The number of carbonyl (C=O) groups excluding carboxylic acids is 1. The number of carboxylic acids is 1. The first kappa shape index (κ1) is 20.1. The average molecular weight is 358 g/mol. The van der Waals surface area contributed by atoms with Gasteiger partial charge < -0.3 is 19.3 Å². The van der Waals surface area contributed by atoms with E-state index in [0.717, 1.165) is 39.1 Å². The van der Waals surface area contributed by atoms with Crippen LogP contribution in [0.15, 0.2) is 0 Å². The van der Waals surface area contributed by atoms with Crippen LogP contribution in [0.2, 0.25) is 0 Å². The first-order chi connectivity index (χ1) is 12.2. The van der Waals surface area contributed by atoms with Crippen molar-refractivity contribution in [3.63, 3.8) is 0 Å². The summed E-state index contributed by atoms with van der Waals surface area (Å²) in [6, 6.07) is 0. The molecule has 2 unspecified atom stereocenters. The molecule has 0 aromatic carbocycles. The summed E-state index contributed by atoms with van der Waals surface area (Å²) in [5.74, 6) is -1.05. The average Bonchev–Trinajstić information content (AvgIpc) is 2.64. The van der Waals surface area contributed by atoms with Crippen molar-refractivity contribution >= 4 is 11.9 Å². The summed E-state index contributed by atoms with van der Waals surface area (Å²) < 4.78 is 17.0. The van der Waals surface area contributed by atoms with Gasteiger partial charge in [0.1, 0.15) is 12.5 Å². The van der Waals surface area contributed by atoms with Crippen LogP contribution in [0.5, 0.6) is 0 Å². The predicted molar refractivity (Wildman–Crippen MR) is 89.9 cm³/mol. The number of nitrogens with one attached hydrogen (secondary N) is 2. The Morgan fingerprint density at radius 3 is 2.16 bits per heavy atom. The van der Waals surface area contributed by atoms with Gasteiger partial charge in [-0.15, -0.1) is 0 Å². The molecule has 0 amide bonds. The largest absolute Gasteiger partial charge is 0.481 e. The molecule has 0 bridgehead atoms. The number of ether oxygens (including phenoxy) is 3. The fraction of sp³-hybridized carbons (Fsp3) is 0.882. The summed E-state index contributed by atoms with van der Waals surface area (Å²) in [6.07, 6.45) is 3.82. The molecule has 2 heterocycles. The number of hydrogen-bond donors (Lipinski definition) is 3. The summed E-state index contributed by atoms with van der Waals surface area (Å²) in [5.41, 5.74) is 0. The van der Waals surface area contributed by atoms with Gasteiger partial charge in [-0.2, -0.15) is 0 Å². The van der Waals surface area contributed by atoms with Crippen molar-refractivity contribution < 1.29 is 28.9 Å². The summed E-state index contributed by atoms with van der Waals surface area (Å²) in [5, 5.41) is 15.3. The Bertz CT molecular complexity index is 390. The molecule has 2 saturated heterocycles. The zero-order valence-corrected chi connectivity index (χ0v) is 14.7. The van der Waals surface area contributed by atoms with Gasteiger partial charge in [-0.3, -0.25) is 20.2 Å². The van der Waals surface area contributed by atoms with E-state index < -0.39 is 5.97 Å². The number of carbonyl (C=O) groups is 2. The molecule has 2 aliphatic heterocycles. The molecule has 8 heteroatoms. The number of aliphatic carboxylic acids is 1. The molecule has 0 radical (unpaired) electrons. The highest BCUT2D eigenvalue weighted by molar-refractivity contribution is 5.69. The van der Waals surface area contributed by atoms with E-state index in [1.807, 2.05) is 0 Å². The van der Waals surface area contributed by atoms with Gasteiger partial charge in [0, 0.05) is 32.0 Å². The first-order valence-electron chi connectivity index (χ1n) is 9.24. The third-order valence-corrected chi connectivity index (χ3v) is 4.44. The van der Waals surface area contributed by atoms with Crippen LogP contribution in [0.1, 0.15) is 44.9 Å². The third kappa shape index (κ3) is 7.68. The van der Waals surface area contributed by atoms with Gasteiger partial charge in [-0.25, -0.2) is 0 Å². The maximum atomic E-state index is 11.8. The number of rotatable bonds is 10. The Balaban J connectivity index is 1.71. The molecule has 0 aliphatic carbocycles. The maximum absolute atomic E-state index is 11.8. The number of carboxylic acid groups (broad SMARTS) is 1. The molecule has 2 rings (SSSR count). The SMILES string of the molecule is O=C(O)CCCCC(=O)OCCC(C1NCCCO1)C1NCCCO1. The van der Waals surface area contributed by atoms with Crippen LogP contribution in [0.25, 0.3) is 0 Å². The first-order valence-corrected chi connectivity index (χ1v) is 9.24. The Labute approximate surface area is 148 Å². The molecule has 0 aromatic heterocycles. The summed E-state index contributed by atoms with van der Waals surface area (Å²) in [7, 11) is 0. The monoisotopic (exact) mass is 358 g/mol. The lowest BCUT2D eigenvalue weighted by Gasteiger charge is -2.38. The lowest BCUT2D eigenvalue weighted by atomic mass is 9.99. The topological polar surface area (TPSA) is 106 Å². The zero-order valence-electron chi connectivity index (χ0n) is 14.7. The third-order valence-electron chi connectivity index (χ3n) is 4.44. The highest BCUT2D eigenvalue weighted by atomic mass is 16.5. The second-order valence-electron chi connectivity index (χ2n) is 6.47. The van der Waals surface area contributed by atoms with E-state index in [2.05, 4.69) is 10.6 Å². The predicted octanol–water partition coefficient (Wildman–Crippen LogP) is 0.853. The summed E-state index contributed by atoms with van der Waals surface area (Å²) in [6.45, 7) is 3.59.